The van der Waals surface area contributed by atoms with Gasteiger partial charge < -0.3 is 25.5 Å². The van der Waals surface area contributed by atoms with E-state index in [-0.39, 0.29) is 46.9 Å². The Morgan fingerprint density at radius 2 is 1.00 bits per heavy atom. The minimum absolute atomic E-state index is 0. The second-order valence-electron chi connectivity index (χ2n) is 4.62. The summed E-state index contributed by atoms with van der Waals surface area (Å²) in [6.45, 7) is 0. The molecule has 4 aliphatic rings. The van der Waals surface area contributed by atoms with Crippen LogP contribution < -0.4 is 0 Å². The van der Waals surface area contributed by atoms with Crippen LogP contribution in [0.4, 0.5) is 0 Å². The van der Waals surface area contributed by atoms with Gasteiger partial charge in [-0.2, -0.15) is 0 Å². The zero-order valence-corrected chi connectivity index (χ0v) is 5.45. The Morgan fingerprint density at radius 3 is 1.00 bits per heavy atom. The van der Waals surface area contributed by atoms with Crippen LogP contribution >= 0.6 is 0 Å². The van der Waals surface area contributed by atoms with E-state index in [0.717, 1.165) is 0 Å². The fourth-order valence-electron chi connectivity index (χ4n) is 5.80. The van der Waals surface area contributed by atoms with Crippen LogP contribution in [0, 0.1) is 46.9 Å². The zero-order valence-electron chi connectivity index (χ0n) is 3.73. The van der Waals surface area contributed by atoms with Crippen LogP contribution in [0.5, 0.6) is 0 Å². The van der Waals surface area contributed by atoms with Gasteiger partial charge in [-0.1, -0.05) is 0 Å². The molecule has 0 aliphatic carbocycles. The van der Waals surface area contributed by atoms with Gasteiger partial charge in [0, 0.05) is 0 Å². The van der Waals surface area contributed by atoms with Crippen molar-refractivity contribution in [3.63, 3.8) is 0 Å². The second-order valence-corrected chi connectivity index (χ2v) is 4.62. The van der Waals surface area contributed by atoms with Gasteiger partial charge in [0.15, 0.2) is 0 Å². The van der Waals surface area contributed by atoms with E-state index in [1.165, 1.54) is 25.5 Å². The first kappa shape index (κ1) is 3.93. The molecule has 0 radical (unpaired) electrons. The van der Waals surface area contributed by atoms with E-state index in [1.54, 1.807) is 0 Å². The number of hydrogen-bond acceptors (Lipinski definition) is 0. The number of rotatable bonds is 0. The molecule has 7 heavy (non-hydrogen) atoms. The minimum Gasteiger partial charge on any atom is -0.364 e. The van der Waals surface area contributed by atoms with Gasteiger partial charge in [-0.25, -0.2) is 0 Å². The third-order valence-corrected chi connectivity index (χ3v) is 5.66. The van der Waals surface area contributed by atoms with Crippen molar-refractivity contribution in [2.24, 2.45) is 0 Å². The van der Waals surface area contributed by atoms with Crippen molar-refractivity contribution in [2.75, 3.05) is 0 Å². The van der Waals surface area contributed by atoms with Gasteiger partial charge in [0.1, 0.15) is 0 Å². The molecule has 4 rings (SSSR count). The molecule has 32 valence electrons. The van der Waals surface area contributed by atoms with Crippen LogP contribution in [-0.2, 0) is 0 Å². The van der Waals surface area contributed by atoms with Crippen molar-refractivity contribution in [1.29, 1.82) is 0 Å². The molecule has 4 aliphatic heterocycles. The van der Waals surface area contributed by atoms with Crippen molar-refractivity contribution in [3.8, 4) is 0 Å². The average molecular weight is 238 g/mol. The molecular weight excluding hydrogens is 238 g/mol. The summed E-state index contributed by atoms with van der Waals surface area (Å²) < 4.78 is 0. The van der Waals surface area contributed by atoms with Crippen molar-refractivity contribution >= 4 is 37.0 Å². The van der Waals surface area contributed by atoms with Crippen molar-refractivity contribution in [2.45, 2.75) is 0 Å². The first-order valence-electron chi connectivity index (χ1n) is 3.33. The van der Waals surface area contributed by atoms with Crippen LogP contribution in [-0.4, -0.2) is 37.0 Å². The first-order valence-corrected chi connectivity index (χ1v) is 3.33. The predicted molar refractivity (Wildman–Crippen MR) is 34.5 cm³/mol. The largest absolute Gasteiger partial charge is 2.00 e. The maximum Gasteiger partial charge on any atom is 2.00 e. The fourth-order valence-corrected chi connectivity index (χ4v) is 5.80. The summed E-state index contributed by atoms with van der Waals surface area (Å²) in [6, 6.07) is 0. The summed E-state index contributed by atoms with van der Waals surface area (Å²) in [6.07, 6.45) is 6.00. The van der Waals surface area contributed by atoms with E-state index < -0.39 is 0 Å². The summed E-state index contributed by atoms with van der Waals surface area (Å²) in [4.78, 5) is 0. The Morgan fingerprint density at radius 1 is 0.714 bits per heavy atom. The van der Waals surface area contributed by atoms with E-state index in [0.29, 0.717) is 11.4 Å². The van der Waals surface area contributed by atoms with Crippen molar-refractivity contribution in [3.05, 3.63) is 0 Å². The molecule has 7 heteroatoms. The second kappa shape index (κ2) is 0.562. The van der Waals surface area contributed by atoms with Gasteiger partial charge >= 0.3 is 46.9 Å². The SMILES string of the molecule is B12B3[B-]14B1B4[B-]231.[Yb+2]. The van der Waals surface area contributed by atoms with E-state index in [4.69, 9.17) is 0 Å². The molecule has 0 atom stereocenters. The van der Waals surface area contributed by atoms with Crippen molar-refractivity contribution < 1.29 is 46.9 Å². The summed E-state index contributed by atoms with van der Waals surface area (Å²) >= 11 is 0. The quantitative estimate of drug-likeness (QED) is 0.417. The number of hydrogen-bond donors (Lipinski definition) is 0. The molecule has 0 unspecified atom stereocenters. The third-order valence-electron chi connectivity index (χ3n) is 5.66. The molecule has 4 fully saturated rings. The Hall–Kier alpha value is 1.91. The molecule has 0 aromatic heterocycles. The average Bonchev–Trinajstić information content (AvgIpc) is 2.12. The molecule has 0 bridgehead atoms. The van der Waals surface area contributed by atoms with Crippen molar-refractivity contribution in [1.82, 2.24) is 0 Å². The Bertz CT molecular complexity index is 149. The molecule has 0 amide bonds. The monoisotopic (exact) mass is 240 g/mol. The molecular formula is B6Yb. The summed E-state index contributed by atoms with van der Waals surface area (Å²) in [5.41, 5.74) is 1.33. The maximum absolute atomic E-state index is 1.50. The molecule has 0 aromatic rings. The standard InChI is InChI=1S/B6.Yb/c1-2-5(1)3-4(5)6(1,2)3;/q-2;+2. The van der Waals surface area contributed by atoms with Crippen LogP contribution in [0.15, 0.2) is 0 Å². The third kappa shape index (κ3) is 0.111. The number of fused-ring (bicyclic) bond motifs is 10. The van der Waals surface area contributed by atoms with E-state index in [2.05, 4.69) is 0 Å². The van der Waals surface area contributed by atoms with E-state index in [9.17, 15) is 0 Å². The Balaban J connectivity index is 0.000000200. The van der Waals surface area contributed by atoms with E-state index in [1.807, 2.05) is 0 Å². The van der Waals surface area contributed by atoms with Crippen LogP contribution in [0.25, 0.3) is 0 Å². The maximum atomic E-state index is 1.50. The topological polar surface area (TPSA) is 0 Å². The van der Waals surface area contributed by atoms with Gasteiger partial charge in [-0.3, -0.25) is 11.4 Å². The molecule has 2 spiro atoms. The molecule has 0 saturated carbocycles. The van der Waals surface area contributed by atoms with Gasteiger partial charge in [0.25, 0.3) is 0 Å². The smallest absolute Gasteiger partial charge is 0.364 e. The zero-order chi connectivity index (χ0) is 3.31. The van der Waals surface area contributed by atoms with Crippen LogP contribution in [0.3, 0.4) is 0 Å². The van der Waals surface area contributed by atoms with Crippen LogP contribution in [0.1, 0.15) is 0 Å². The molecule has 0 N–H and O–H groups in total. The fraction of sp³-hybridized carbons (Fsp3) is 0. The minimum atomic E-state index is 0. The summed E-state index contributed by atoms with van der Waals surface area (Å²) in [5, 5.41) is 0. The summed E-state index contributed by atoms with van der Waals surface area (Å²) in [7, 11) is 0. The van der Waals surface area contributed by atoms with E-state index >= 15 is 0 Å². The van der Waals surface area contributed by atoms with Gasteiger partial charge in [0.05, 0.1) is 0 Å². The molecule has 0 nitrogen and oxygen atoms in total. The van der Waals surface area contributed by atoms with Gasteiger partial charge in [-0.15, -0.1) is 0 Å². The Labute approximate surface area is 82.5 Å². The van der Waals surface area contributed by atoms with Gasteiger partial charge in [-0.05, 0) is 0 Å². The van der Waals surface area contributed by atoms with Crippen LogP contribution in [0.2, 0.25) is 0 Å². The van der Waals surface area contributed by atoms with Gasteiger partial charge in [0.2, 0.25) is 0 Å². The normalized spacial score (nSPS) is 48.0. The predicted octanol–water partition coefficient (Wildman–Crippen LogP) is -2.28. The molecule has 4 heterocycles. The first-order chi connectivity index (χ1) is 2.98. The summed E-state index contributed by atoms with van der Waals surface area (Å²) in [5.74, 6) is 0. The molecule has 4 saturated heterocycles. The Kier molecular flexibility index (Phi) is 0.316. The molecule has 0 aromatic carbocycles.